The van der Waals surface area contributed by atoms with Crippen molar-refractivity contribution >= 4 is 43.9 Å². The summed E-state index contributed by atoms with van der Waals surface area (Å²) < 4.78 is 13.7. The molecule has 4 nitrogen and oxygen atoms in total. The second-order valence-corrected chi connectivity index (χ2v) is 17.9. The van der Waals surface area contributed by atoms with Crippen LogP contribution in [0.25, 0.3) is 100 Å². The Balaban J connectivity index is 1.04. The van der Waals surface area contributed by atoms with Gasteiger partial charge in [-0.25, -0.2) is 9.97 Å². The van der Waals surface area contributed by atoms with E-state index < -0.39 is 0 Å². The highest BCUT2D eigenvalue weighted by Crippen LogP contribution is 2.61. The smallest absolute Gasteiger partial charge is 0.160 e. The van der Waals surface area contributed by atoms with Crippen molar-refractivity contribution in [2.45, 2.75) is 43.9 Å². The topological polar surface area (TPSA) is 52.1 Å². The van der Waals surface area contributed by atoms with E-state index in [4.69, 9.17) is 18.8 Å². The van der Waals surface area contributed by atoms with Crippen LogP contribution in [0, 0.1) is 17.8 Å². The molecule has 0 saturated heterocycles. The Morgan fingerprint density at radius 1 is 0.417 bits per heavy atom. The summed E-state index contributed by atoms with van der Waals surface area (Å²) in [6.07, 6.45) is 8.34. The zero-order valence-corrected chi connectivity index (χ0v) is 33.3. The molecule has 7 aromatic carbocycles. The molecule has 10 aromatic rings. The minimum absolute atomic E-state index is 0.319. The highest BCUT2D eigenvalue weighted by atomic mass is 16.3. The van der Waals surface area contributed by atoms with E-state index in [1.165, 1.54) is 44.1 Å². The lowest BCUT2D eigenvalue weighted by Gasteiger charge is -2.57. The first-order chi connectivity index (χ1) is 29.6. The number of para-hydroxylation sites is 2. The summed E-state index contributed by atoms with van der Waals surface area (Å²) in [5.74, 6) is 3.36. The van der Waals surface area contributed by atoms with E-state index in [-0.39, 0.29) is 0 Å². The van der Waals surface area contributed by atoms with Crippen LogP contribution in [0.15, 0.2) is 173 Å². The van der Waals surface area contributed by atoms with Crippen molar-refractivity contribution in [3.05, 3.63) is 169 Å². The Hall–Kier alpha value is -6.78. The van der Waals surface area contributed by atoms with Crippen molar-refractivity contribution in [3.8, 4) is 56.2 Å². The highest BCUT2D eigenvalue weighted by Gasteiger charge is 2.51. The lowest BCUT2D eigenvalue weighted by molar-refractivity contribution is -0.00518. The van der Waals surface area contributed by atoms with Crippen molar-refractivity contribution in [2.24, 2.45) is 17.8 Å². The van der Waals surface area contributed by atoms with Gasteiger partial charge in [0.15, 0.2) is 5.82 Å². The third kappa shape index (κ3) is 5.36. The number of hydrogen-bond acceptors (Lipinski definition) is 4. The molecule has 0 unspecified atom stereocenters. The molecule has 0 aliphatic heterocycles. The zero-order chi connectivity index (χ0) is 39.4. The average molecular weight is 775 g/mol. The Labute approximate surface area is 348 Å². The monoisotopic (exact) mass is 774 g/mol. The first-order valence-electron chi connectivity index (χ1n) is 21.6. The van der Waals surface area contributed by atoms with Gasteiger partial charge in [0.25, 0.3) is 0 Å². The number of fused-ring (bicyclic) bond motifs is 6. The molecule has 4 heteroatoms. The van der Waals surface area contributed by atoms with Gasteiger partial charge in [-0.1, -0.05) is 127 Å². The fraction of sp³-hybridized carbons (Fsp3) is 0.179. The van der Waals surface area contributed by atoms with E-state index in [2.05, 4.69) is 152 Å². The maximum absolute atomic E-state index is 7.02. The molecule has 4 bridgehead atoms. The first-order valence-corrected chi connectivity index (χ1v) is 21.6. The van der Waals surface area contributed by atoms with Crippen LogP contribution in [0.1, 0.15) is 44.1 Å². The molecular formula is C56H42N2O2. The zero-order valence-electron chi connectivity index (χ0n) is 33.3. The van der Waals surface area contributed by atoms with Crippen molar-refractivity contribution in [2.75, 3.05) is 0 Å². The Bertz CT molecular complexity index is 3250. The molecule has 0 amide bonds. The van der Waals surface area contributed by atoms with Gasteiger partial charge in [0.1, 0.15) is 22.3 Å². The molecule has 14 rings (SSSR count). The van der Waals surface area contributed by atoms with Crippen molar-refractivity contribution < 1.29 is 8.83 Å². The predicted octanol–water partition coefficient (Wildman–Crippen LogP) is 15.1. The second kappa shape index (κ2) is 13.1. The van der Waals surface area contributed by atoms with Gasteiger partial charge in [0, 0.05) is 32.7 Å². The first kappa shape index (κ1) is 34.1. The van der Waals surface area contributed by atoms with Crippen molar-refractivity contribution in [1.29, 1.82) is 0 Å². The van der Waals surface area contributed by atoms with Gasteiger partial charge in [-0.2, -0.15) is 0 Å². The lowest BCUT2D eigenvalue weighted by atomic mass is 9.48. The van der Waals surface area contributed by atoms with Crippen LogP contribution in [0.3, 0.4) is 0 Å². The van der Waals surface area contributed by atoms with Crippen LogP contribution in [-0.2, 0) is 5.41 Å². The number of benzene rings is 7. The largest absolute Gasteiger partial charge is 0.455 e. The third-order valence-corrected chi connectivity index (χ3v) is 14.3. The Kier molecular flexibility index (Phi) is 7.46. The van der Waals surface area contributed by atoms with E-state index >= 15 is 0 Å². The normalized spacial score (nSPS) is 20.8. The maximum Gasteiger partial charge on any atom is 0.160 e. The Morgan fingerprint density at radius 3 is 1.78 bits per heavy atom. The van der Waals surface area contributed by atoms with Gasteiger partial charge in [0.2, 0.25) is 0 Å². The standard InChI is InChI=1S/C56H42N2O2/c1-3-10-37(11-4-1)40-20-23-44-46-25-24-42(38-12-5-2-6-13-38)52(54(46)60-51(44)29-40)49-30-48(47-16-9-15-45-43-14-7-8-17-50(43)59-53(45)47)57-55(58-49)39-18-21-41(22-19-39)56-31-34-26-35(32-56)28-36(27-34)33-56/h1-25,29-30,34-36H,26-28,31-33H2. The van der Waals surface area contributed by atoms with Crippen LogP contribution in [0.2, 0.25) is 0 Å². The van der Waals surface area contributed by atoms with Gasteiger partial charge in [-0.05, 0) is 126 Å². The Morgan fingerprint density at radius 2 is 1.02 bits per heavy atom. The quantitative estimate of drug-likeness (QED) is 0.169. The van der Waals surface area contributed by atoms with Gasteiger partial charge in [-0.15, -0.1) is 0 Å². The minimum Gasteiger partial charge on any atom is -0.455 e. The SMILES string of the molecule is c1ccc(-c2ccc3c(c2)oc2c(-c4cc(-c5cccc6c5oc5ccccc56)nc(-c5ccc(C67CC8CC(CC(C8)C6)C7)cc5)n4)c(-c4ccccc4)ccc23)cc1. The van der Waals surface area contributed by atoms with Crippen LogP contribution >= 0.6 is 0 Å². The van der Waals surface area contributed by atoms with Crippen LogP contribution in [0.5, 0.6) is 0 Å². The minimum atomic E-state index is 0.319. The summed E-state index contributed by atoms with van der Waals surface area (Å²) in [4.78, 5) is 10.9. The molecule has 0 radical (unpaired) electrons. The van der Waals surface area contributed by atoms with Crippen LogP contribution in [-0.4, -0.2) is 9.97 Å². The van der Waals surface area contributed by atoms with E-state index in [1.54, 1.807) is 0 Å². The maximum atomic E-state index is 7.02. The van der Waals surface area contributed by atoms with Crippen molar-refractivity contribution in [3.63, 3.8) is 0 Å². The molecule has 3 aromatic heterocycles. The van der Waals surface area contributed by atoms with E-state index in [0.717, 1.165) is 112 Å². The molecule has 4 aliphatic rings. The van der Waals surface area contributed by atoms with Gasteiger partial charge in [0.05, 0.1) is 17.0 Å². The number of furan rings is 2. The fourth-order valence-electron chi connectivity index (χ4n) is 12.0. The second-order valence-electron chi connectivity index (χ2n) is 17.9. The summed E-state index contributed by atoms with van der Waals surface area (Å²) in [5, 5.41) is 4.30. The molecule has 0 atom stereocenters. The molecular weight excluding hydrogens is 733 g/mol. The van der Waals surface area contributed by atoms with Crippen molar-refractivity contribution in [1.82, 2.24) is 9.97 Å². The molecule has 4 saturated carbocycles. The fourth-order valence-corrected chi connectivity index (χ4v) is 12.0. The summed E-state index contributed by atoms with van der Waals surface area (Å²) in [6, 6.07) is 58.2. The molecule has 4 aliphatic carbocycles. The summed E-state index contributed by atoms with van der Waals surface area (Å²) in [6.45, 7) is 0. The van der Waals surface area contributed by atoms with Crippen LogP contribution < -0.4 is 0 Å². The van der Waals surface area contributed by atoms with E-state index in [0.29, 0.717) is 11.2 Å². The highest BCUT2D eigenvalue weighted by molar-refractivity contribution is 6.14. The van der Waals surface area contributed by atoms with Gasteiger partial charge >= 0.3 is 0 Å². The lowest BCUT2D eigenvalue weighted by Crippen LogP contribution is -2.48. The van der Waals surface area contributed by atoms with E-state index in [1.807, 2.05) is 12.1 Å². The molecule has 3 heterocycles. The average Bonchev–Trinajstić information content (AvgIpc) is 3.87. The number of aromatic nitrogens is 2. The summed E-state index contributed by atoms with van der Waals surface area (Å²) in [7, 11) is 0. The molecule has 0 N–H and O–H groups in total. The number of hydrogen-bond donors (Lipinski definition) is 0. The molecule has 288 valence electrons. The van der Waals surface area contributed by atoms with Crippen LogP contribution in [0.4, 0.5) is 0 Å². The number of nitrogens with zero attached hydrogens (tertiary/aromatic N) is 2. The predicted molar refractivity (Wildman–Crippen MR) is 244 cm³/mol. The number of rotatable bonds is 6. The molecule has 4 fully saturated rings. The molecule has 60 heavy (non-hydrogen) atoms. The summed E-state index contributed by atoms with van der Waals surface area (Å²) in [5.41, 5.74) is 14.1. The molecule has 0 spiro atoms. The summed E-state index contributed by atoms with van der Waals surface area (Å²) >= 11 is 0. The van der Waals surface area contributed by atoms with Gasteiger partial charge < -0.3 is 8.83 Å². The van der Waals surface area contributed by atoms with Gasteiger partial charge in [-0.3, -0.25) is 0 Å². The third-order valence-electron chi connectivity index (χ3n) is 14.3. The van der Waals surface area contributed by atoms with E-state index in [9.17, 15) is 0 Å².